The Kier molecular flexibility index (Phi) is 3.82. The third-order valence-corrected chi connectivity index (χ3v) is 5.41. The molecule has 1 fully saturated rings. The van der Waals surface area contributed by atoms with Gasteiger partial charge >= 0.3 is 0 Å². The van der Waals surface area contributed by atoms with Gasteiger partial charge < -0.3 is 0 Å². The zero-order valence-electron chi connectivity index (χ0n) is 12.4. The quantitative estimate of drug-likeness (QED) is 0.763. The van der Waals surface area contributed by atoms with E-state index in [4.69, 9.17) is 0 Å². The lowest BCUT2D eigenvalue weighted by Crippen LogP contribution is -2.35. The molecule has 18 heavy (non-hydrogen) atoms. The first-order chi connectivity index (χ1) is 8.53. The van der Waals surface area contributed by atoms with Crippen molar-refractivity contribution in [2.24, 2.45) is 10.8 Å². The van der Waals surface area contributed by atoms with E-state index in [9.17, 15) is 0 Å². The van der Waals surface area contributed by atoms with Crippen LogP contribution in [0, 0.1) is 10.8 Å². The predicted molar refractivity (Wildman–Crippen MR) is 78.5 cm³/mol. The molecule has 0 bridgehead atoms. The van der Waals surface area contributed by atoms with E-state index in [2.05, 4.69) is 62.9 Å². The third kappa shape index (κ3) is 2.33. The number of rotatable bonds is 4. The zero-order chi connectivity index (χ0) is 13.2. The summed E-state index contributed by atoms with van der Waals surface area (Å²) in [7, 11) is 0. The van der Waals surface area contributed by atoms with Gasteiger partial charge in [-0.15, -0.1) is 0 Å². The summed E-state index contributed by atoms with van der Waals surface area (Å²) >= 11 is 0. The molecule has 0 saturated carbocycles. The molecule has 0 spiro atoms. The summed E-state index contributed by atoms with van der Waals surface area (Å²) in [6, 6.07) is 10.9. The number of likely N-dealkylation sites (tertiary alicyclic amines) is 1. The molecule has 0 radical (unpaired) electrons. The average molecular weight is 245 g/mol. The summed E-state index contributed by atoms with van der Waals surface area (Å²) in [5.41, 5.74) is 2.38. The lowest BCUT2D eigenvalue weighted by atomic mass is 9.65. The van der Waals surface area contributed by atoms with Gasteiger partial charge in [0.15, 0.2) is 0 Å². The maximum Gasteiger partial charge on any atom is 0.0234 e. The second-order valence-corrected chi connectivity index (χ2v) is 6.46. The van der Waals surface area contributed by atoms with Crippen LogP contribution < -0.4 is 0 Å². The first kappa shape index (κ1) is 13.6. The minimum absolute atomic E-state index is 0.469. The maximum atomic E-state index is 2.64. The van der Waals surface area contributed by atoms with E-state index in [0.29, 0.717) is 10.8 Å². The van der Waals surface area contributed by atoms with Crippen molar-refractivity contribution < 1.29 is 0 Å². The Morgan fingerprint density at radius 1 is 0.944 bits per heavy atom. The maximum absolute atomic E-state index is 2.64. The Morgan fingerprint density at radius 3 is 1.89 bits per heavy atom. The van der Waals surface area contributed by atoms with E-state index in [-0.39, 0.29) is 0 Å². The fourth-order valence-corrected chi connectivity index (χ4v) is 3.46. The van der Waals surface area contributed by atoms with Crippen molar-refractivity contribution in [2.75, 3.05) is 13.1 Å². The Hall–Kier alpha value is -0.820. The Balaban J connectivity index is 2.10. The summed E-state index contributed by atoms with van der Waals surface area (Å²) in [5, 5.41) is 0. The monoisotopic (exact) mass is 245 g/mol. The summed E-state index contributed by atoms with van der Waals surface area (Å²) in [6.45, 7) is 13.2. The van der Waals surface area contributed by atoms with Gasteiger partial charge in [-0.2, -0.15) is 0 Å². The van der Waals surface area contributed by atoms with Crippen LogP contribution >= 0.6 is 0 Å². The van der Waals surface area contributed by atoms with Crippen molar-refractivity contribution in [3.8, 4) is 0 Å². The van der Waals surface area contributed by atoms with Crippen molar-refractivity contribution in [1.82, 2.24) is 4.90 Å². The Bertz CT molecular complexity index is 368. The van der Waals surface area contributed by atoms with Gasteiger partial charge in [0.2, 0.25) is 0 Å². The molecule has 1 aliphatic heterocycles. The van der Waals surface area contributed by atoms with Gasteiger partial charge in [-0.3, -0.25) is 4.90 Å². The second kappa shape index (κ2) is 5.05. The summed E-state index contributed by atoms with van der Waals surface area (Å²) in [6.07, 6.45) is 2.56. The Morgan fingerprint density at radius 2 is 1.44 bits per heavy atom. The van der Waals surface area contributed by atoms with Crippen LogP contribution in [0.3, 0.4) is 0 Å². The molecule has 1 heteroatoms. The van der Waals surface area contributed by atoms with E-state index >= 15 is 0 Å². The molecule has 2 unspecified atom stereocenters. The van der Waals surface area contributed by atoms with Crippen LogP contribution in [0.2, 0.25) is 0 Å². The first-order valence-electron chi connectivity index (χ1n) is 7.29. The molecule has 1 aliphatic rings. The van der Waals surface area contributed by atoms with E-state index in [1.165, 1.54) is 31.5 Å². The van der Waals surface area contributed by atoms with Crippen LogP contribution in [0.5, 0.6) is 0 Å². The van der Waals surface area contributed by atoms with Crippen LogP contribution in [0.25, 0.3) is 0 Å². The SMILES string of the molecule is CCC1(C)CN(Cc2ccccc2)CC1(C)CC. The van der Waals surface area contributed by atoms with E-state index in [0.717, 1.165) is 6.54 Å². The molecule has 1 aromatic carbocycles. The second-order valence-electron chi connectivity index (χ2n) is 6.46. The molecule has 0 amide bonds. The standard InChI is InChI=1S/C17H27N/c1-5-16(3)13-18(14-17(16,4)6-2)12-15-10-8-7-9-11-15/h7-11H,5-6,12-14H2,1-4H3. The highest BCUT2D eigenvalue weighted by molar-refractivity contribution is 5.15. The van der Waals surface area contributed by atoms with Gasteiger partial charge in [0.25, 0.3) is 0 Å². The molecule has 2 rings (SSSR count). The van der Waals surface area contributed by atoms with Crippen molar-refractivity contribution in [2.45, 2.75) is 47.1 Å². The fraction of sp³-hybridized carbons (Fsp3) is 0.647. The van der Waals surface area contributed by atoms with Gasteiger partial charge in [-0.1, -0.05) is 58.0 Å². The Labute approximate surface area is 112 Å². The van der Waals surface area contributed by atoms with Crippen LogP contribution in [-0.4, -0.2) is 18.0 Å². The van der Waals surface area contributed by atoms with Gasteiger partial charge in [-0.25, -0.2) is 0 Å². The van der Waals surface area contributed by atoms with Crippen LogP contribution in [0.4, 0.5) is 0 Å². The van der Waals surface area contributed by atoms with Gasteiger partial charge in [0.05, 0.1) is 0 Å². The molecule has 1 saturated heterocycles. The molecule has 100 valence electrons. The highest BCUT2D eigenvalue weighted by atomic mass is 15.2. The largest absolute Gasteiger partial charge is 0.298 e. The fourth-order valence-electron chi connectivity index (χ4n) is 3.46. The van der Waals surface area contributed by atoms with Gasteiger partial charge in [-0.05, 0) is 29.2 Å². The van der Waals surface area contributed by atoms with Crippen LogP contribution in [-0.2, 0) is 6.54 Å². The minimum Gasteiger partial charge on any atom is -0.298 e. The van der Waals surface area contributed by atoms with Crippen LogP contribution in [0.15, 0.2) is 30.3 Å². The van der Waals surface area contributed by atoms with Crippen molar-refractivity contribution in [3.05, 3.63) is 35.9 Å². The number of benzene rings is 1. The lowest BCUT2D eigenvalue weighted by molar-refractivity contribution is 0.124. The molecule has 0 aromatic heterocycles. The molecule has 1 heterocycles. The molecule has 1 aromatic rings. The van der Waals surface area contributed by atoms with E-state index in [1.807, 2.05) is 0 Å². The molecular formula is C17H27N. The van der Waals surface area contributed by atoms with Crippen molar-refractivity contribution in [1.29, 1.82) is 0 Å². The molecule has 0 N–H and O–H groups in total. The summed E-state index contributed by atoms with van der Waals surface area (Å²) in [5.74, 6) is 0. The minimum atomic E-state index is 0.469. The topological polar surface area (TPSA) is 3.24 Å². The van der Waals surface area contributed by atoms with Crippen molar-refractivity contribution >= 4 is 0 Å². The highest BCUT2D eigenvalue weighted by Crippen LogP contribution is 2.50. The number of hydrogen-bond acceptors (Lipinski definition) is 1. The zero-order valence-corrected chi connectivity index (χ0v) is 12.4. The van der Waals surface area contributed by atoms with Gasteiger partial charge in [0, 0.05) is 19.6 Å². The molecule has 0 aliphatic carbocycles. The predicted octanol–water partition coefficient (Wildman–Crippen LogP) is 4.33. The third-order valence-electron chi connectivity index (χ3n) is 5.41. The lowest BCUT2D eigenvalue weighted by Gasteiger charge is -2.38. The highest BCUT2D eigenvalue weighted by Gasteiger charge is 2.49. The average Bonchev–Trinajstić information content (AvgIpc) is 2.63. The first-order valence-corrected chi connectivity index (χ1v) is 7.29. The normalized spacial score (nSPS) is 32.9. The summed E-state index contributed by atoms with van der Waals surface area (Å²) in [4.78, 5) is 2.64. The smallest absolute Gasteiger partial charge is 0.0234 e. The van der Waals surface area contributed by atoms with Crippen molar-refractivity contribution in [3.63, 3.8) is 0 Å². The van der Waals surface area contributed by atoms with Gasteiger partial charge in [0.1, 0.15) is 0 Å². The van der Waals surface area contributed by atoms with E-state index < -0.39 is 0 Å². The molecule has 2 atom stereocenters. The molecular weight excluding hydrogens is 218 g/mol. The summed E-state index contributed by atoms with van der Waals surface area (Å²) < 4.78 is 0. The van der Waals surface area contributed by atoms with Crippen LogP contribution in [0.1, 0.15) is 46.1 Å². The number of hydrogen-bond donors (Lipinski definition) is 0. The number of nitrogens with zero attached hydrogens (tertiary/aromatic N) is 1. The molecule has 1 nitrogen and oxygen atoms in total. The van der Waals surface area contributed by atoms with E-state index in [1.54, 1.807) is 0 Å².